The number of carbonyl (C=O) groups excluding carboxylic acids is 1. The molecule has 122 valence electrons. The first-order chi connectivity index (χ1) is 11.0. The summed E-state index contributed by atoms with van der Waals surface area (Å²) >= 11 is 13.5. The molecule has 2 nitrogen and oxygen atoms in total. The van der Waals surface area contributed by atoms with Crippen LogP contribution in [0.5, 0.6) is 0 Å². The van der Waals surface area contributed by atoms with E-state index in [1.54, 1.807) is 6.07 Å². The van der Waals surface area contributed by atoms with E-state index in [-0.39, 0.29) is 11.9 Å². The van der Waals surface area contributed by atoms with Crippen molar-refractivity contribution >= 4 is 40.9 Å². The molecule has 0 unspecified atom stereocenters. The molecule has 0 bridgehead atoms. The van der Waals surface area contributed by atoms with Crippen LogP contribution >= 0.6 is 35.0 Å². The fraction of sp³-hybridized carbons (Fsp3) is 0.278. The molecule has 0 spiro atoms. The third kappa shape index (κ3) is 5.76. The van der Waals surface area contributed by atoms with Crippen LogP contribution in [-0.4, -0.2) is 11.7 Å². The molecule has 0 aliphatic carbocycles. The Morgan fingerprint density at radius 2 is 1.87 bits per heavy atom. The van der Waals surface area contributed by atoms with E-state index in [0.29, 0.717) is 21.6 Å². The lowest BCUT2D eigenvalue weighted by Crippen LogP contribution is -2.28. The van der Waals surface area contributed by atoms with E-state index in [2.05, 4.69) is 17.4 Å². The molecular formula is C18H19Cl2NOS. The Morgan fingerprint density at radius 1 is 1.17 bits per heavy atom. The van der Waals surface area contributed by atoms with E-state index in [4.69, 9.17) is 23.2 Å². The lowest BCUT2D eigenvalue weighted by atomic mass is 10.1. The van der Waals surface area contributed by atoms with Gasteiger partial charge in [0.15, 0.2) is 0 Å². The summed E-state index contributed by atoms with van der Waals surface area (Å²) in [5, 5.41) is 4.27. The van der Waals surface area contributed by atoms with Crippen LogP contribution in [0, 0.1) is 6.92 Å². The number of aryl methyl sites for hydroxylation is 1. The van der Waals surface area contributed by atoms with Gasteiger partial charge in [-0.25, -0.2) is 0 Å². The summed E-state index contributed by atoms with van der Waals surface area (Å²) in [7, 11) is 0. The molecular weight excluding hydrogens is 349 g/mol. The first kappa shape index (κ1) is 18.2. The van der Waals surface area contributed by atoms with Gasteiger partial charge in [0.05, 0.1) is 11.8 Å². The summed E-state index contributed by atoms with van der Waals surface area (Å²) in [6, 6.07) is 13.6. The number of hydrogen-bond acceptors (Lipinski definition) is 2. The van der Waals surface area contributed by atoms with Gasteiger partial charge in [-0.2, -0.15) is 0 Å². The quantitative estimate of drug-likeness (QED) is 0.738. The SMILES string of the molecule is Cc1ccc([C@@H](C)NC(=O)CSCc2ccc(Cl)cc2Cl)cc1. The number of rotatable bonds is 6. The van der Waals surface area contributed by atoms with Crippen molar-refractivity contribution in [3.63, 3.8) is 0 Å². The van der Waals surface area contributed by atoms with Crippen LogP contribution in [0.2, 0.25) is 10.0 Å². The molecule has 0 aliphatic heterocycles. The maximum atomic E-state index is 12.0. The van der Waals surface area contributed by atoms with Crippen molar-refractivity contribution in [1.82, 2.24) is 5.32 Å². The second-order valence-electron chi connectivity index (χ2n) is 5.43. The van der Waals surface area contributed by atoms with Crippen LogP contribution < -0.4 is 5.32 Å². The first-order valence-corrected chi connectivity index (χ1v) is 9.24. The van der Waals surface area contributed by atoms with Gasteiger partial charge in [-0.15, -0.1) is 11.8 Å². The number of hydrogen-bond donors (Lipinski definition) is 1. The van der Waals surface area contributed by atoms with Crippen LogP contribution in [0.3, 0.4) is 0 Å². The second kappa shape index (κ2) is 8.62. The van der Waals surface area contributed by atoms with Gasteiger partial charge in [0.25, 0.3) is 0 Å². The third-order valence-corrected chi connectivity index (χ3v) is 5.03. The minimum absolute atomic E-state index is 0.00261. The van der Waals surface area contributed by atoms with Gasteiger partial charge in [-0.05, 0) is 37.1 Å². The zero-order valence-corrected chi connectivity index (χ0v) is 15.4. The Hall–Kier alpha value is -1.16. The van der Waals surface area contributed by atoms with Gasteiger partial charge in [0.2, 0.25) is 5.91 Å². The summed E-state index contributed by atoms with van der Waals surface area (Å²) in [4.78, 5) is 12.0. The Bertz CT molecular complexity index is 673. The summed E-state index contributed by atoms with van der Waals surface area (Å²) in [6.07, 6.45) is 0. The van der Waals surface area contributed by atoms with Gasteiger partial charge in [-0.1, -0.05) is 59.1 Å². The number of halogens is 2. The number of nitrogens with one attached hydrogen (secondary N) is 1. The van der Waals surface area contributed by atoms with Crippen LogP contribution in [-0.2, 0) is 10.5 Å². The summed E-state index contributed by atoms with van der Waals surface area (Å²) in [5.41, 5.74) is 3.30. The van der Waals surface area contributed by atoms with Crippen LogP contribution in [0.4, 0.5) is 0 Å². The van der Waals surface area contributed by atoms with E-state index < -0.39 is 0 Å². The Balaban J connectivity index is 1.79. The molecule has 0 saturated heterocycles. The normalized spacial score (nSPS) is 12.0. The molecule has 0 aliphatic rings. The van der Waals surface area contributed by atoms with E-state index in [9.17, 15) is 4.79 Å². The summed E-state index contributed by atoms with van der Waals surface area (Å²) in [6.45, 7) is 4.04. The lowest BCUT2D eigenvalue weighted by Gasteiger charge is -2.14. The fourth-order valence-corrected chi connectivity index (χ4v) is 3.51. The molecule has 2 aromatic rings. The molecule has 1 atom stereocenters. The summed E-state index contributed by atoms with van der Waals surface area (Å²) < 4.78 is 0. The lowest BCUT2D eigenvalue weighted by molar-refractivity contribution is -0.119. The van der Waals surface area contributed by atoms with E-state index in [1.807, 2.05) is 38.1 Å². The van der Waals surface area contributed by atoms with Crippen molar-refractivity contribution in [2.75, 3.05) is 5.75 Å². The van der Waals surface area contributed by atoms with Gasteiger partial charge >= 0.3 is 0 Å². The van der Waals surface area contributed by atoms with Gasteiger partial charge < -0.3 is 5.32 Å². The van der Waals surface area contributed by atoms with Crippen molar-refractivity contribution in [3.8, 4) is 0 Å². The Kier molecular flexibility index (Phi) is 6.82. The largest absolute Gasteiger partial charge is 0.349 e. The van der Waals surface area contributed by atoms with Crippen molar-refractivity contribution in [2.24, 2.45) is 0 Å². The van der Waals surface area contributed by atoms with Crippen molar-refractivity contribution in [3.05, 3.63) is 69.2 Å². The average molecular weight is 368 g/mol. The molecule has 2 aromatic carbocycles. The second-order valence-corrected chi connectivity index (χ2v) is 7.26. The van der Waals surface area contributed by atoms with E-state index in [0.717, 1.165) is 11.1 Å². The molecule has 1 amide bonds. The van der Waals surface area contributed by atoms with E-state index in [1.165, 1.54) is 17.3 Å². The molecule has 0 radical (unpaired) electrons. The molecule has 5 heteroatoms. The zero-order valence-electron chi connectivity index (χ0n) is 13.1. The highest BCUT2D eigenvalue weighted by atomic mass is 35.5. The maximum absolute atomic E-state index is 12.0. The number of thioether (sulfide) groups is 1. The highest BCUT2D eigenvalue weighted by molar-refractivity contribution is 7.99. The molecule has 0 fully saturated rings. The molecule has 0 aromatic heterocycles. The predicted octanol–water partition coefficient (Wildman–Crippen LogP) is 5.41. The Morgan fingerprint density at radius 3 is 2.52 bits per heavy atom. The number of carbonyl (C=O) groups is 1. The Labute approximate surface area is 151 Å². The average Bonchev–Trinajstić information content (AvgIpc) is 2.50. The molecule has 0 saturated carbocycles. The third-order valence-electron chi connectivity index (χ3n) is 3.46. The van der Waals surface area contributed by atoms with Gasteiger partial charge in [-0.3, -0.25) is 4.79 Å². The topological polar surface area (TPSA) is 29.1 Å². The monoisotopic (exact) mass is 367 g/mol. The van der Waals surface area contributed by atoms with E-state index >= 15 is 0 Å². The fourth-order valence-electron chi connectivity index (χ4n) is 2.11. The van der Waals surface area contributed by atoms with Crippen LogP contribution in [0.1, 0.15) is 29.7 Å². The van der Waals surface area contributed by atoms with Crippen molar-refractivity contribution in [1.29, 1.82) is 0 Å². The minimum atomic E-state index is 0.00261. The standard InChI is InChI=1S/C18H19Cl2NOS/c1-12-3-5-14(6-4-12)13(2)21-18(22)11-23-10-15-7-8-16(19)9-17(15)20/h3-9,13H,10-11H2,1-2H3,(H,21,22)/t13-/m1/s1. The minimum Gasteiger partial charge on any atom is -0.349 e. The molecule has 23 heavy (non-hydrogen) atoms. The van der Waals surface area contributed by atoms with Crippen molar-refractivity contribution in [2.45, 2.75) is 25.6 Å². The highest BCUT2D eigenvalue weighted by Crippen LogP contribution is 2.24. The van der Waals surface area contributed by atoms with Gasteiger partial charge in [0.1, 0.15) is 0 Å². The predicted molar refractivity (Wildman–Crippen MR) is 100 cm³/mol. The number of amides is 1. The smallest absolute Gasteiger partial charge is 0.230 e. The van der Waals surface area contributed by atoms with Crippen molar-refractivity contribution < 1.29 is 4.79 Å². The molecule has 2 rings (SSSR count). The summed E-state index contributed by atoms with van der Waals surface area (Å²) in [5.74, 6) is 1.10. The molecule has 0 heterocycles. The first-order valence-electron chi connectivity index (χ1n) is 7.33. The van der Waals surface area contributed by atoms with Crippen LogP contribution in [0.15, 0.2) is 42.5 Å². The van der Waals surface area contributed by atoms with Crippen LogP contribution in [0.25, 0.3) is 0 Å². The highest BCUT2D eigenvalue weighted by Gasteiger charge is 2.10. The maximum Gasteiger partial charge on any atom is 0.230 e. The molecule has 1 N–H and O–H groups in total. The van der Waals surface area contributed by atoms with Gasteiger partial charge in [0, 0.05) is 15.8 Å². The zero-order chi connectivity index (χ0) is 16.8. The number of benzene rings is 2.